The Morgan fingerprint density at radius 3 is 1.42 bits per heavy atom. The number of allylic oxidation sites excluding steroid dienone is 4. The maximum Gasteiger partial charge on any atom is 0.0720 e. The van der Waals surface area contributed by atoms with Gasteiger partial charge in [-0.25, -0.2) is 0 Å². The quantitative estimate of drug-likeness (QED) is 0.166. The van der Waals surface area contributed by atoms with E-state index in [2.05, 4.69) is 269 Å². The second-order valence-corrected chi connectivity index (χ2v) is 21.1. The molecule has 69 heavy (non-hydrogen) atoms. The first-order valence-corrected chi connectivity index (χ1v) is 24.8. The molecule has 0 heterocycles. The Labute approximate surface area is 406 Å². The van der Waals surface area contributed by atoms with E-state index in [1.807, 2.05) is 0 Å². The molecule has 1 spiro atoms. The van der Waals surface area contributed by atoms with E-state index in [0.717, 1.165) is 5.69 Å². The van der Waals surface area contributed by atoms with Crippen LogP contribution < -0.4 is 4.90 Å². The van der Waals surface area contributed by atoms with E-state index >= 15 is 0 Å². The summed E-state index contributed by atoms with van der Waals surface area (Å²) in [6, 6.07) is 81.4. The van der Waals surface area contributed by atoms with Crippen LogP contribution in [0.15, 0.2) is 237 Å². The monoisotopic (exact) mass is 883 g/mol. The Morgan fingerprint density at radius 2 is 0.797 bits per heavy atom. The van der Waals surface area contributed by atoms with Crippen molar-refractivity contribution in [2.75, 3.05) is 4.90 Å². The van der Waals surface area contributed by atoms with Gasteiger partial charge in [-0.1, -0.05) is 234 Å². The predicted octanol–water partition coefficient (Wildman–Crippen LogP) is 16.6. The van der Waals surface area contributed by atoms with Crippen molar-refractivity contribution in [1.29, 1.82) is 0 Å². The lowest BCUT2D eigenvalue weighted by molar-refractivity contribution is 0.457. The van der Waals surface area contributed by atoms with Gasteiger partial charge in [-0.3, -0.25) is 0 Å². The third kappa shape index (κ3) is 5.15. The lowest BCUT2D eigenvalue weighted by Gasteiger charge is -2.46. The molecule has 0 amide bonds. The van der Waals surface area contributed by atoms with Gasteiger partial charge < -0.3 is 4.90 Å². The van der Waals surface area contributed by atoms with Gasteiger partial charge in [0.05, 0.1) is 16.5 Å². The van der Waals surface area contributed by atoms with E-state index in [1.165, 1.54) is 100 Å². The molecule has 0 saturated heterocycles. The molecule has 9 aromatic carbocycles. The van der Waals surface area contributed by atoms with Gasteiger partial charge in [0, 0.05) is 34.0 Å². The summed E-state index contributed by atoms with van der Waals surface area (Å²) < 4.78 is 0. The van der Waals surface area contributed by atoms with Gasteiger partial charge in [-0.05, 0) is 119 Å². The molecule has 5 aliphatic carbocycles. The summed E-state index contributed by atoms with van der Waals surface area (Å²) >= 11 is 0. The molecule has 0 fully saturated rings. The van der Waals surface area contributed by atoms with Crippen molar-refractivity contribution in [2.45, 2.75) is 55.3 Å². The van der Waals surface area contributed by atoms with Crippen molar-refractivity contribution in [3.05, 3.63) is 303 Å². The van der Waals surface area contributed by atoms with Crippen LogP contribution in [0.2, 0.25) is 0 Å². The van der Waals surface area contributed by atoms with Crippen LogP contribution in [0.4, 0.5) is 17.1 Å². The Kier molecular flexibility index (Phi) is 8.41. The maximum absolute atomic E-state index is 2.63. The first kappa shape index (κ1) is 40.3. The molecule has 330 valence electrons. The average Bonchev–Trinajstić information content (AvgIpc) is 3.96. The third-order valence-electron chi connectivity index (χ3n) is 17.3. The number of benzene rings is 9. The summed E-state index contributed by atoms with van der Waals surface area (Å²) in [5, 5.41) is 0. The fourth-order valence-corrected chi connectivity index (χ4v) is 14.4. The average molecular weight is 884 g/mol. The second kappa shape index (κ2) is 14.4. The van der Waals surface area contributed by atoms with Crippen LogP contribution in [0.5, 0.6) is 0 Å². The molecule has 0 aromatic heterocycles. The molecule has 0 saturated carbocycles. The lowest BCUT2D eigenvalue weighted by atomic mass is 9.55. The summed E-state index contributed by atoms with van der Waals surface area (Å²) in [4.78, 5) is 2.63. The molecule has 0 radical (unpaired) electrons. The summed E-state index contributed by atoms with van der Waals surface area (Å²) in [5.74, 6) is 0.290. The number of hydrogen-bond donors (Lipinski definition) is 0. The maximum atomic E-state index is 2.63. The zero-order valence-electron chi connectivity index (χ0n) is 39.6. The Morgan fingerprint density at radius 1 is 0.348 bits per heavy atom. The van der Waals surface area contributed by atoms with Crippen LogP contribution in [-0.2, 0) is 21.7 Å². The highest BCUT2D eigenvalue weighted by Crippen LogP contribution is 2.65. The van der Waals surface area contributed by atoms with Gasteiger partial charge in [-0.15, -0.1) is 0 Å². The van der Waals surface area contributed by atoms with E-state index in [9.17, 15) is 0 Å². The number of hydrogen-bond acceptors (Lipinski definition) is 1. The van der Waals surface area contributed by atoms with Crippen molar-refractivity contribution in [3.63, 3.8) is 0 Å². The summed E-state index contributed by atoms with van der Waals surface area (Å²) in [5.41, 5.74) is 23.9. The molecule has 14 rings (SSSR count). The van der Waals surface area contributed by atoms with Crippen LogP contribution >= 0.6 is 0 Å². The zero-order valence-corrected chi connectivity index (χ0v) is 39.6. The largest absolute Gasteiger partial charge is 0.310 e. The van der Waals surface area contributed by atoms with Crippen molar-refractivity contribution < 1.29 is 0 Å². The molecule has 2 unspecified atom stereocenters. The van der Waals surface area contributed by atoms with E-state index in [-0.39, 0.29) is 22.7 Å². The molecule has 0 aliphatic heterocycles. The van der Waals surface area contributed by atoms with E-state index < -0.39 is 10.8 Å². The highest BCUT2D eigenvalue weighted by Gasteiger charge is 2.56. The van der Waals surface area contributed by atoms with Crippen LogP contribution in [0, 0.1) is 5.92 Å². The van der Waals surface area contributed by atoms with Gasteiger partial charge >= 0.3 is 0 Å². The number of rotatable bonds is 5. The zero-order chi connectivity index (χ0) is 46.3. The molecular formula is C68H53N. The van der Waals surface area contributed by atoms with Gasteiger partial charge in [0.1, 0.15) is 0 Å². The third-order valence-corrected chi connectivity index (χ3v) is 17.3. The Balaban J connectivity index is 1.08. The van der Waals surface area contributed by atoms with Crippen molar-refractivity contribution in [3.8, 4) is 22.3 Å². The van der Waals surface area contributed by atoms with Crippen LogP contribution in [-0.4, -0.2) is 0 Å². The van der Waals surface area contributed by atoms with Gasteiger partial charge in [0.2, 0.25) is 0 Å². The van der Waals surface area contributed by atoms with Crippen LogP contribution in [0.25, 0.3) is 22.3 Å². The first-order chi connectivity index (χ1) is 33.8. The molecule has 5 aliphatic rings. The Hall–Kier alpha value is -7.74. The minimum Gasteiger partial charge on any atom is -0.310 e. The SMILES string of the molecule is CC1(C)c2ccccc2-c2ccc(N(c3ccc4c(c3)C3(c5ccccc5-4)c4ccccc4C(C)(C)c4ccccc43)c3cccc4c3C3C=CC=CC3C4(c3ccccc3)c3ccccc3)cc21. The predicted molar refractivity (Wildman–Crippen MR) is 285 cm³/mol. The van der Waals surface area contributed by atoms with Crippen LogP contribution in [0.3, 0.4) is 0 Å². The molecule has 0 bridgehead atoms. The Bertz CT molecular complexity index is 3550. The van der Waals surface area contributed by atoms with E-state index in [4.69, 9.17) is 0 Å². The normalized spacial score (nSPS) is 19.1. The molecule has 0 N–H and O–H groups in total. The molecule has 2 atom stereocenters. The van der Waals surface area contributed by atoms with E-state index in [0.29, 0.717) is 0 Å². The van der Waals surface area contributed by atoms with Crippen LogP contribution in [0.1, 0.15) is 100 Å². The second-order valence-electron chi connectivity index (χ2n) is 21.1. The highest BCUT2D eigenvalue weighted by atomic mass is 15.1. The number of anilines is 3. The number of nitrogens with zero attached hydrogens (tertiary/aromatic N) is 1. The number of fused-ring (bicyclic) bond motifs is 15. The smallest absolute Gasteiger partial charge is 0.0720 e. The minimum absolute atomic E-state index is 0.128. The summed E-state index contributed by atoms with van der Waals surface area (Å²) in [7, 11) is 0. The lowest BCUT2D eigenvalue weighted by Crippen LogP contribution is -2.40. The highest BCUT2D eigenvalue weighted by molar-refractivity contribution is 5.93. The first-order valence-electron chi connectivity index (χ1n) is 24.8. The van der Waals surface area contributed by atoms with Gasteiger partial charge in [-0.2, -0.15) is 0 Å². The van der Waals surface area contributed by atoms with E-state index in [1.54, 1.807) is 0 Å². The molecule has 9 aromatic rings. The minimum atomic E-state index is -0.520. The van der Waals surface area contributed by atoms with Gasteiger partial charge in [0.15, 0.2) is 0 Å². The topological polar surface area (TPSA) is 3.24 Å². The van der Waals surface area contributed by atoms with Crippen molar-refractivity contribution in [2.24, 2.45) is 5.92 Å². The van der Waals surface area contributed by atoms with Crippen molar-refractivity contribution >= 4 is 17.1 Å². The molecule has 1 heteroatoms. The standard InChI is InChI=1S/C68H53N/c1-65(2)53-29-14-11-26-48(53)50-40-38-46(42-61(50)65)69(63-37-21-36-60-64(63)52-28-13-16-31-55(52)67(60,44-22-7-5-8-23-44)45-24-9-6-10-25-45)47-39-41-51-49-27-12-15-30-54(49)68(62(51)43-47)58-34-19-17-32-56(58)66(3,4)57-33-18-20-35-59(57)68/h5-43,52,55H,1-4H3. The molecule has 1 nitrogen and oxygen atoms in total. The van der Waals surface area contributed by atoms with Gasteiger partial charge in [0.25, 0.3) is 0 Å². The van der Waals surface area contributed by atoms with Crippen molar-refractivity contribution in [1.82, 2.24) is 0 Å². The summed E-state index contributed by atoms with van der Waals surface area (Å²) in [6.07, 6.45) is 9.53. The fourth-order valence-electron chi connectivity index (χ4n) is 14.4. The fraction of sp³-hybridized carbons (Fsp3) is 0.147. The molecular weight excluding hydrogens is 831 g/mol. The summed E-state index contributed by atoms with van der Waals surface area (Å²) in [6.45, 7) is 9.63.